The highest BCUT2D eigenvalue weighted by Crippen LogP contribution is 2.21. The van der Waals surface area contributed by atoms with E-state index in [4.69, 9.17) is 4.74 Å². The van der Waals surface area contributed by atoms with Crippen molar-refractivity contribution in [1.82, 2.24) is 9.97 Å². The summed E-state index contributed by atoms with van der Waals surface area (Å²) in [7, 11) is 0. The molecule has 0 spiro atoms. The molecular formula is C14H9BrN2O. The molecule has 0 aliphatic carbocycles. The number of para-hydroxylation sites is 1. The Morgan fingerprint density at radius 3 is 2.56 bits per heavy atom. The molecule has 4 heteroatoms. The van der Waals surface area contributed by atoms with Gasteiger partial charge in [0, 0.05) is 16.1 Å². The number of fused-ring (bicyclic) bond motifs is 1. The molecule has 0 amide bonds. The predicted octanol–water partition coefficient (Wildman–Crippen LogP) is 4.18. The van der Waals surface area contributed by atoms with Gasteiger partial charge in [-0.25, -0.2) is 4.98 Å². The van der Waals surface area contributed by atoms with Crippen molar-refractivity contribution in [3.05, 3.63) is 59.2 Å². The van der Waals surface area contributed by atoms with Crippen LogP contribution in [0.1, 0.15) is 0 Å². The third kappa shape index (κ3) is 2.33. The number of rotatable bonds is 2. The summed E-state index contributed by atoms with van der Waals surface area (Å²) in [5, 5.41) is 1.00. The van der Waals surface area contributed by atoms with E-state index in [0.29, 0.717) is 11.8 Å². The summed E-state index contributed by atoms with van der Waals surface area (Å²) in [5.41, 5.74) is 0.875. The van der Waals surface area contributed by atoms with Gasteiger partial charge in [-0.2, -0.15) is 4.98 Å². The summed E-state index contributed by atoms with van der Waals surface area (Å²) in [6.45, 7) is 0. The van der Waals surface area contributed by atoms with Crippen LogP contribution in [0.3, 0.4) is 0 Å². The quantitative estimate of drug-likeness (QED) is 0.712. The molecule has 0 N–H and O–H groups in total. The van der Waals surface area contributed by atoms with Crippen molar-refractivity contribution in [2.24, 2.45) is 0 Å². The van der Waals surface area contributed by atoms with Crippen molar-refractivity contribution in [3.8, 4) is 11.8 Å². The highest BCUT2D eigenvalue weighted by atomic mass is 79.9. The summed E-state index contributed by atoms with van der Waals surface area (Å²) >= 11 is 3.38. The Labute approximate surface area is 113 Å². The first-order valence-corrected chi connectivity index (χ1v) is 6.26. The SMILES string of the molecule is Brc1ccc(Oc2ncc3ccccc3n2)cc1. The largest absolute Gasteiger partial charge is 0.424 e. The lowest BCUT2D eigenvalue weighted by molar-refractivity contribution is 0.444. The lowest BCUT2D eigenvalue weighted by Crippen LogP contribution is -1.91. The van der Waals surface area contributed by atoms with Crippen LogP contribution in [-0.4, -0.2) is 9.97 Å². The zero-order chi connectivity index (χ0) is 12.4. The molecule has 88 valence electrons. The molecule has 1 heterocycles. The Kier molecular flexibility index (Phi) is 2.94. The molecule has 0 aliphatic heterocycles. The fourth-order valence-corrected chi connectivity index (χ4v) is 1.88. The Bertz CT molecular complexity index is 683. The van der Waals surface area contributed by atoms with E-state index in [1.807, 2.05) is 48.5 Å². The first kappa shape index (κ1) is 11.2. The van der Waals surface area contributed by atoms with E-state index in [2.05, 4.69) is 25.9 Å². The summed E-state index contributed by atoms with van der Waals surface area (Å²) in [6, 6.07) is 15.7. The first-order valence-electron chi connectivity index (χ1n) is 5.46. The zero-order valence-corrected chi connectivity index (χ0v) is 11.0. The maximum absolute atomic E-state index is 5.60. The van der Waals surface area contributed by atoms with Crippen LogP contribution in [0.15, 0.2) is 59.2 Å². The normalized spacial score (nSPS) is 10.5. The van der Waals surface area contributed by atoms with Crippen molar-refractivity contribution in [2.75, 3.05) is 0 Å². The van der Waals surface area contributed by atoms with Crippen molar-refractivity contribution < 1.29 is 4.74 Å². The van der Waals surface area contributed by atoms with Crippen LogP contribution in [0.2, 0.25) is 0 Å². The summed E-state index contributed by atoms with van der Waals surface area (Å²) < 4.78 is 6.61. The molecule has 0 saturated carbocycles. The molecule has 0 fully saturated rings. The van der Waals surface area contributed by atoms with Crippen LogP contribution in [-0.2, 0) is 0 Å². The molecule has 3 rings (SSSR count). The van der Waals surface area contributed by atoms with Crippen LogP contribution in [0.25, 0.3) is 10.9 Å². The second-order valence-electron chi connectivity index (χ2n) is 3.77. The molecule has 18 heavy (non-hydrogen) atoms. The molecule has 0 radical (unpaired) electrons. The van der Waals surface area contributed by atoms with Gasteiger partial charge in [0.05, 0.1) is 5.52 Å². The molecule has 3 nitrogen and oxygen atoms in total. The van der Waals surface area contributed by atoms with Crippen molar-refractivity contribution in [2.45, 2.75) is 0 Å². The molecule has 0 aliphatic rings. The number of aromatic nitrogens is 2. The highest BCUT2D eigenvalue weighted by Gasteiger charge is 2.02. The lowest BCUT2D eigenvalue weighted by atomic mass is 10.2. The van der Waals surface area contributed by atoms with Crippen LogP contribution < -0.4 is 4.74 Å². The fourth-order valence-electron chi connectivity index (χ4n) is 1.61. The molecular weight excluding hydrogens is 292 g/mol. The van der Waals surface area contributed by atoms with Gasteiger partial charge >= 0.3 is 6.01 Å². The van der Waals surface area contributed by atoms with Crippen LogP contribution in [0.5, 0.6) is 11.8 Å². The van der Waals surface area contributed by atoms with Gasteiger partial charge in [-0.3, -0.25) is 0 Å². The zero-order valence-electron chi connectivity index (χ0n) is 9.38. The molecule has 0 bridgehead atoms. The Balaban J connectivity index is 1.92. The maximum Gasteiger partial charge on any atom is 0.322 e. The van der Waals surface area contributed by atoms with E-state index >= 15 is 0 Å². The second kappa shape index (κ2) is 4.74. The first-order chi connectivity index (χ1) is 8.81. The molecule has 2 aromatic carbocycles. The molecule has 0 saturated heterocycles. The van der Waals surface area contributed by atoms with E-state index in [9.17, 15) is 0 Å². The Morgan fingerprint density at radius 2 is 1.72 bits per heavy atom. The molecule has 3 aromatic rings. The summed E-state index contributed by atoms with van der Waals surface area (Å²) in [4.78, 5) is 8.53. The number of halogens is 1. The summed E-state index contributed by atoms with van der Waals surface area (Å²) in [5.74, 6) is 0.716. The number of hydrogen-bond acceptors (Lipinski definition) is 3. The Morgan fingerprint density at radius 1 is 0.944 bits per heavy atom. The van der Waals surface area contributed by atoms with Crippen LogP contribution >= 0.6 is 15.9 Å². The van der Waals surface area contributed by atoms with Gasteiger partial charge in [-0.1, -0.05) is 34.1 Å². The number of ether oxygens (including phenoxy) is 1. The monoisotopic (exact) mass is 300 g/mol. The lowest BCUT2D eigenvalue weighted by Gasteiger charge is -2.04. The van der Waals surface area contributed by atoms with Crippen molar-refractivity contribution in [3.63, 3.8) is 0 Å². The van der Waals surface area contributed by atoms with Crippen LogP contribution in [0.4, 0.5) is 0 Å². The fraction of sp³-hybridized carbons (Fsp3) is 0. The minimum atomic E-state index is 0.357. The third-order valence-electron chi connectivity index (χ3n) is 2.49. The van der Waals surface area contributed by atoms with Gasteiger partial charge in [0.25, 0.3) is 0 Å². The number of nitrogens with zero attached hydrogens (tertiary/aromatic N) is 2. The number of hydrogen-bond donors (Lipinski definition) is 0. The van der Waals surface area contributed by atoms with E-state index in [1.165, 1.54) is 0 Å². The van der Waals surface area contributed by atoms with Gasteiger partial charge in [-0.05, 0) is 30.3 Å². The van der Waals surface area contributed by atoms with E-state index in [0.717, 1.165) is 15.4 Å². The summed E-state index contributed by atoms with van der Waals surface area (Å²) in [6.07, 6.45) is 1.76. The Hall–Kier alpha value is -1.94. The average Bonchev–Trinajstić information content (AvgIpc) is 2.41. The minimum absolute atomic E-state index is 0.357. The maximum atomic E-state index is 5.60. The van der Waals surface area contributed by atoms with Gasteiger partial charge < -0.3 is 4.74 Å². The molecule has 0 unspecified atom stereocenters. The molecule has 1 aromatic heterocycles. The topological polar surface area (TPSA) is 35.0 Å². The molecule has 0 atom stereocenters. The van der Waals surface area contributed by atoms with E-state index in [-0.39, 0.29) is 0 Å². The van der Waals surface area contributed by atoms with Gasteiger partial charge in [0.15, 0.2) is 0 Å². The van der Waals surface area contributed by atoms with E-state index in [1.54, 1.807) is 6.20 Å². The standard InChI is InChI=1S/C14H9BrN2O/c15-11-5-7-12(8-6-11)18-14-16-9-10-3-1-2-4-13(10)17-14/h1-9H. The second-order valence-corrected chi connectivity index (χ2v) is 4.68. The highest BCUT2D eigenvalue weighted by molar-refractivity contribution is 9.10. The number of benzene rings is 2. The average molecular weight is 301 g/mol. The van der Waals surface area contributed by atoms with Crippen LogP contribution in [0, 0.1) is 0 Å². The van der Waals surface area contributed by atoms with Gasteiger partial charge in [-0.15, -0.1) is 0 Å². The van der Waals surface area contributed by atoms with E-state index < -0.39 is 0 Å². The predicted molar refractivity (Wildman–Crippen MR) is 73.8 cm³/mol. The van der Waals surface area contributed by atoms with Crippen molar-refractivity contribution >= 4 is 26.8 Å². The van der Waals surface area contributed by atoms with Gasteiger partial charge in [0.2, 0.25) is 0 Å². The van der Waals surface area contributed by atoms with Gasteiger partial charge in [0.1, 0.15) is 5.75 Å². The minimum Gasteiger partial charge on any atom is -0.424 e. The third-order valence-corrected chi connectivity index (χ3v) is 3.02. The smallest absolute Gasteiger partial charge is 0.322 e. The van der Waals surface area contributed by atoms with Crippen molar-refractivity contribution in [1.29, 1.82) is 0 Å².